The first-order valence-corrected chi connectivity index (χ1v) is 5.82. The Morgan fingerprint density at radius 3 is 2.80 bits per heavy atom. The summed E-state index contributed by atoms with van der Waals surface area (Å²) in [6.07, 6.45) is 1.69. The number of fused-ring (bicyclic) bond motifs is 1. The van der Waals surface area contributed by atoms with E-state index in [1.165, 1.54) is 12.1 Å². The molecule has 0 aliphatic carbocycles. The molecule has 96 valence electrons. The van der Waals surface area contributed by atoms with Gasteiger partial charge >= 0.3 is 0 Å². The standard InChI is InChI=1S/C14H8N4O2/c15-8-10-5-6-12(7-14(10)18(19)20)17-13-4-2-1-3-11(13)9-16-17/h1-7,9H. The van der Waals surface area contributed by atoms with Crippen LogP contribution in [0.4, 0.5) is 5.69 Å². The summed E-state index contributed by atoms with van der Waals surface area (Å²) in [4.78, 5) is 10.4. The second kappa shape index (κ2) is 4.48. The second-order valence-electron chi connectivity index (χ2n) is 4.19. The summed E-state index contributed by atoms with van der Waals surface area (Å²) in [5.74, 6) is 0. The molecule has 6 heteroatoms. The van der Waals surface area contributed by atoms with Gasteiger partial charge in [-0.05, 0) is 18.2 Å². The third-order valence-electron chi connectivity index (χ3n) is 3.02. The zero-order valence-electron chi connectivity index (χ0n) is 10.2. The number of aromatic nitrogens is 2. The van der Waals surface area contributed by atoms with Gasteiger partial charge in [-0.15, -0.1) is 0 Å². The lowest BCUT2D eigenvalue weighted by Crippen LogP contribution is -1.99. The van der Waals surface area contributed by atoms with Crippen molar-refractivity contribution in [1.29, 1.82) is 5.26 Å². The fourth-order valence-electron chi connectivity index (χ4n) is 2.07. The third kappa shape index (κ3) is 1.78. The third-order valence-corrected chi connectivity index (χ3v) is 3.02. The number of nitrogens with zero attached hydrogens (tertiary/aromatic N) is 4. The van der Waals surface area contributed by atoms with Crippen LogP contribution in [-0.4, -0.2) is 14.7 Å². The fourth-order valence-corrected chi connectivity index (χ4v) is 2.07. The molecule has 0 amide bonds. The van der Waals surface area contributed by atoms with Crippen LogP contribution >= 0.6 is 0 Å². The van der Waals surface area contributed by atoms with Gasteiger partial charge in [0.05, 0.1) is 22.3 Å². The first-order chi connectivity index (χ1) is 9.70. The molecule has 1 heterocycles. The van der Waals surface area contributed by atoms with Crippen molar-refractivity contribution in [3.05, 3.63) is 64.3 Å². The van der Waals surface area contributed by atoms with Gasteiger partial charge in [0.2, 0.25) is 0 Å². The molecule has 0 saturated heterocycles. The molecule has 3 rings (SSSR count). The molecule has 0 atom stereocenters. The summed E-state index contributed by atoms with van der Waals surface area (Å²) < 4.78 is 1.61. The van der Waals surface area contributed by atoms with Crippen LogP contribution in [-0.2, 0) is 0 Å². The van der Waals surface area contributed by atoms with E-state index in [0.717, 1.165) is 10.9 Å². The summed E-state index contributed by atoms with van der Waals surface area (Å²) in [5, 5.41) is 25.1. The van der Waals surface area contributed by atoms with Gasteiger partial charge < -0.3 is 0 Å². The minimum Gasteiger partial charge on any atom is -0.258 e. The molecule has 3 aromatic rings. The number of hydrogen-bond acceptors (Lipinski definition) is 4. The van der Waals surface area contributed by atoms with E-state index >= 15 is 0 Å². The van der Waals surface area contributed by atoms with Gasteiger partial charge in [-0.3, -0.25) is 10.1 Å². The predicted molar refractivity (Wildman–Crippen MR) is 72.4 cm³/mol. The summed E-state index contributed by atoms with van der Waals surface area (Å²) >= 11 is 0. The zero-order chi connectivity index (χ0) is 14.1. The fraction of sp³-hybridized carbons (Fsp3) is 0. The number of hydrogen-bond donors (Lipinski definition) is 0. The lowest BCUT2D eigenvalue weighted by molar-refractivity contribution is -0.385. The van der Waals surface area contributed by atoms with Gasteiger partial charge in [0.1, 0.15) is 11.6 Å². The van der Waals surface area contributed by atoms with E-state index < -0.39 is 4.92 Å². The summed E-state index contributed by atoms with van der Waals surface area (Å²) in [7, 11) is 0. The number of rotatable bonds is 2. The lowest BCUT2D eigenvalue weighted by Gasteiger charge is -2.04. The highest BCUT2D eigenvalue weighted by Crippen LogP contribution is 2.24. The molecule has 0 bridgehead atoms. The van der Waals surface area contributed by atoms with Gasteiger partial charge in [-0.2, -0.15) is 10.4 Å². The van der Waals surface area contributed by atoms with Crippen LogP contribution in [0.3, 0.4) is 0 Å². The molecule has 1 aromatic heterocycles. The Morgan fingerprint density at radius 2 is 2.05 bits per heavy atom. The number of nitro groups is 1. The molecule has 0 N–H and O–H groups in total. The average Bonchev–Trinajstić information content (AvgIpc) is 2.90. The molecule has 0 aliphatic heterocycles. The van der Waals surface area contributed by atoms with Crippen LogP contribution in [0.2, 0.25) is 0 Å². The molecule has 0 fully saturated rings. The number of nitriles is 1. The van der Waals surface area contributed by atoms with Crippen molar-refractivity contribution in [2.45, 2.75) is 0 Å². The van der Waals surface area contributed by atoms with Gasteiger partial charge in [0.25, 0.3) is 5.69 Å². The van der Waals surface area contributed by atoms with Gasteiger partial charge in [0, 0.05) is 11.5 Å². The molecule has 2 aromatic carbocycles. The van der Waals surface area contributed by atoms with Gasteiger partial charge in [-0.1, -0.05) is 18.2 Å². The number of benzene rings is 2. The highest BCUT2D eigenvalue weighted by molar-refractivity contribution is 5.80. The minimum absolute atomic E-state index is 0.0372. The van der Waals surface area contributed by atoms with Gasteiger partial charge in [-0.25, -0.2) is 4.68 Å². The Hall–Kier alpha value is -3.20. The Kier molecular flexibility index (Phi) is 2.66. The Labute approximate surface area is 113 Å². The van der Waals surface area contributed by atoms with E-state index in [1.807, 2.05) is 30.3 Å². The van der Waals surface area contributed by atoms with Crippen LogP contribution in [0, 0.1) is 21.4 Å². The van der Waals surface area contributed by atoms with Gasteiger partial charge in [0.15, 0.2) is 0 Å². The molecular weight excluding hydrogens is 256 g/mol. The zero-order valence-corrected chi connectivity index (χ0v) is 10.2. The molecule has 0 aliphatic rings. The van der Waals surface area contributed by atoms with Crippen molar-refractivity contribution >= 4 is 16.6 Å². The Balaban J connectivity index is 2.23. The maximum atomic E-state index is 11.0. The smallest absolute Gasteiger partial charge is 0.258 e. The molecule has 20 heavy (non-hydrogen) atoms. The van der Waals surface area contributed by atoms with Crippen LogP contribution in [0.5, 0.6) is 0 Å². The minimum atomic E-state index is -0.562. The normalized spacial score (nSPS) is 10.3. The Bertz CT molecular complexity index is 861. The first-order valence-electron chi connectivity index (χ1n) is 5.82. The second-order valence-corrected chi connectivity index (χ2v) is 4.19. The van der Waals surface area contributed by atoms with E-state index in [2.05, 4.69) is 5.10 Å². The maximum Gasteiger partial charge on any atom is 0.289 e. The van der Waals surface area contributed by atoms with E-state index in [9.17, 15) is 10.1 Å². The largest absolute Gasteiger partial charge is 0.289 e. The predicted octanol–water partition coefficient (Wildman–Crippen LogP) is 2.81. The summed E-state index contributed by atoms with van der Waals surface area (Å²) in [5.41, 5.74) is 1.23. The van der Waals surface area contributed by atoms with Crippen molar-refractivity contribution in [3.63, 3.8) is 0 Å². The average molecular weight is 264 g/mol. The van der Waals surface area contributed by atoms with Crippen LogP contribution in [0.25, 0.3) is 16.6 Å². The summed E-state index contributed by atoms with van der Waals surface area (Å²) in [6, 6.07) is 13.8. The monoisotopic (exact) mass is 264 g/mol. The topological polar surface area (TPSA) is 84.8 Å². The molecule has 0 saturated carbocycles. The van der Waals surface area contributed by atoms with Crippen LogP contribution in [0.15, 0.2) is 48.7 Å². The highest BCUT2D eigenvalue weighted by Gasteiger charge is 2.16. The molecule has 6 nitrogen and oxygen atoms in total. The lowest BCUT2D eigenvalue weighted by atomic mass is 10.1. The van der Waals surface area contributed by atoms with Crippen molar-refractivity contribution in [1.82, 2.24) is 9.78 Å². The van der Waals surface area contributed by atoms with Crippen molar-refractivity contribution in [3.8, 4) is 11.8 Å². The molecule has 0 spiro atoms. The summed E-state index contributed by atoms with van der Waals surface area (Å²) in [6.45, 7) is 0. The SMILES string of the molecule is N#Cc1ccc(-n2ncc3ccccc32)cc1[N+](=O)[O-]. The number of nitro benzene ring substituents is 1. The molecular formula is C14H8N4O2. The van der Waals surface area contributed by atoms with E-state index in [4.69, 9.17) is 5.26 Å². The van der Waals surface area contributed by atoms with E-state index in [1.54, 1.807) is 16.9 Å². The number of para-hydroxylation sites is 1. The quantitative estimate of drug-likeness (QED) is 0.526. The molecule has 0 unspecified atom stereocenters. The Morgan fingerprint density at radius 1 is 1.25 bits per heavy atom. The first kappa shape index (κ1) is 11.9. The van der Waals surface area contributed by atoms with E-state index in [0.29, 0.717) is 5.69 Å². The molecule has 0 radical (unpaired) electrons. The maximum absolute atomic E-state index is 11.0. The van der Waals surface area contributed by atoms with Crippen LogP contribution < -0.4 is 0 Å². The highest BCUT2D eigenvalue weighted by atomic mass is 16.6. The van der Waals surface area contributed by atoms with Crippen molar-refractivity contribution < 1.29 is 4.92 Å². The van der Waals surface area contributed by atoms with Crippen molar-refractivity contribution in [2.75, 3.05) is 0 Å². The van der Waals surface area contributed by atoms with Crippen molar-refractivity contribution in [2.24, 2.45) is 0 Å². The van der Waals surface area contributed by atoms with Crippen LogP contribution in [0.1, 0.15) is 5.56 Å². The van der Waals surface area contributed by atoms with E-state index in [-0.39, 0.29) is 11.3 Å².